The van der Waals surface area contributed by atoms with E-state index in [1.54, 1.807) is 0 Å². The molecule has 1 aliphatic heterocycles. The maximum absolute atomic E-state index is 6.05. The van der Waals surface area contributed by atoms with E-state index in [9.17, 15) is 0 Å². The third-order valence-electron chi connectivity index (χ3n) is 5.23. The van der Waals surface area contributed by atoms with Gasteiger partial charge in [-0.2, -0.15) is 0 Å². The molecule has 28 heavy (non-hydrogen) atoms. The minimum Gasteiger partial charge on any atom is -0.351 e. The number of hydrogen-bond donors (Lipinski definition) is 1. The first kappa shape index (κ1) is 20.9. The van der Waals surface area contributed by atoms with Gasteiger partial charge in [-0.1, -0.05) is 18.5 Å². The second-order valence-electron chi connectivity index (χ2n) is 7.04. The van der Waals surface area contributed by atoms with Crippen LogP contribution in [-0.2, 0) is 6.54 Å². The first-order valence-electron chi connectivity index (χ1n) is 9.20. The van der Waals surface area contributed by atoms with Crippen LogP contribution in [0, 0.1) is 5.92 Å². The zero-order valence-electron chi connectivity index (χ0n) is 16.0. The van der Waals surface area contributed by atoms with Crippen molar-refractivity contribution in [3.05, 3.63) is 54.0 Å². The molecule has 9 heteroatoms. The van der Waals surface area contributed by atoms with Crippen LogP contribution in [0.25, 0.3) is 5.65 Å². The Bertz CT molecular complexity index is 937. The maximum Gasteiger partial charge on any atom is 0.194 e. The Labute approximate surface area is 186 Å². The van der Waals surface area contributed by atoms with Gasteiger partial charge in [0.2, 0.25) is 0 Å². The van der Waals surface area contributed by atoms with Gasteiger partial charge in [-0.15, -0.1) is 24.0 Å². The Morgan fingerprint density at radius 1 is 1.36 bits per heavy atom. The number of aliphatic imine (C=N–C) groups is 1. The molecule has 2 unspecified atom stereocenters. The molecule has 3 aromatic heterocycles. The van der Waals surface area contributed by atoms with E-state index in [0.717, 1.165) is 36.8 Å². The van der Waals surface area contributed by atoms with Crippen molar-refractivity contribution in [3.63, 3.8) is 0 Å². The molecular weight excluding hydrogens is 489 g/mol. The fourth-order valence-corrected chi connectivity index (χ4v) is 3.87. The van der Waals surface area contributed by atoms with E-state index in [1.165, 1.54) is 0 Å². The van der Waals surface area contributed by atoms with E-state index < -0.39 is 0 Å². The van der Waals surface area contributed by atoms with Gasteiger partial charge in [-0.3, -0.25) is 4.99 Å². The lowest BCUT2D eigenvalue weighted by molar-refractivity contribution is 0.189. The van der Waals surface area contributed by atoms with Crippen molar-refractivity contribution in [2.75, 3.05) is 20.1 Å². The van der Waals surface area contributed by atoms with Crippen LogP contribution in [-0.4, -0.2) is 49.9 Å². The molecule has 0 aromatic carbocycles. The number of pyridine rings is 1. The Morgan fingerprint density at radius 2 is 2.21 bits per heavy atom. The Hall–Kier alpha value is -1.81. The Balaban J connectivity index is 0.00000225. The van der Waals surface area contributed by atoms with Crippen LogP contribution in [0.2, 0.25) is 5.02 Å². The second kappa shape index (κ2) is 9.13. The summed E-state index contributed by atoms with van der Waals surface area (Å²) in [5.41, 5.74) is 1.84. The van der Waals surface area contributed by atoms with E-state index >= 15 is 0 Å². The highest BCUT2D eigenvalue weighted by molar-refractivity contribution is 14.0. The van der Waals surface area contributed by atoms with Gasteiger partial charge in [0, 0.05) is 44.9 Å². The number of halogens is 2. The highest BCUT2D eigenvalue weighted by atomic mass is 127. The molecule has 4 rings (SSSR count). The minimum atomic E-state index is 0. The number of likely N-dealkylation sites (tertiary alicyclic amines) is 1. The van der Waals surface area contributed by atoms with Crippen molar-refractivity contribution in [2.45, 2.75) is 25.9 Å². The first-order valence-corrected chi connectivity index (χ1v) is 9.58. The quantitative estimate of drug-likeness (QED) is 0.331. The van der Waals surface area contributed by atoms with Crippen LogP contribution in [0.3, 0.4) is 0 Å². The first-order chi connectivity index (χ1) is 13.1. The molecule has 0 radical (unpaired) electrons. The van der Waals surface area contributed by atoms with E-state index in [4.69, 9.17) is 11.6 Å². The third kappa shape index (κ3) is 4.43. The molecule has 150 valence electrons. The van der Waals surface area contributed by atoms with E-state index in [0.29, 0.717) is 23.5 Å². The normalized spacial score (nSPS) is 20.2. The number of nitrogens with one attached hydrogen (secondary N) is 1. The van der Waals surface area contributed by atoms with E-state index in [-0.39, 0.29) is 24.0 Å². The molecule has 0 aliphatic carbocycles. The predicted octanol–water partition coefficient (Wildman–Crippen LogP) is 3.46. The van der Waals surface area contributed by atoms with Gasteiger partial charge in [-0.25, -0.2) is 9.97 Å². The molecule has 1 aliphatic rings. The van der Waals surface area contributed by atoms with E-state index in [1.807, 2.05) is 54.7 Å². The molecule has 1 N–H and O–H groups in total. The van der Waals surface area contributed by atoms with Crippen LogP contribution in [0.15, 0.2) is 48.2 Å². The monoisotopic (exact) mass is 513 g/mol. The average molecular weight is 514 g/mol. The summed E-state index contributed by atoms with van der Waals surface area (Å²) in [4.78, 5) is 15.6. The van der Waals surface area contributed by atoms with Crippen molar-refractivity contribution in [1.82, 2.24) is 29.2 Å². The van der Waals surface area contributed by atoms with Crippen molar-refractivity contribution >= 4 is 47.2 Å². The smallest absolute Gasteiger partial charge is 0.194 e. The average Bonchev–Trinajstić information content (AvgIpc) is 3.32. The summed E-state index contributed by atoms with van der Waals surface area (Å²) in [5.74, 6) is 1.51. The summed E-state index contributed by atoms with van der Waals surface area (Å²) in [5, 5.41) is 4.15. The summed E-state index contributed by atoms with van der Waals surface area (Å²) in [6.45, 7) is 4.83. The number of fused-ring (bicyclic) bond motifs is 1. The molecular formula is C19H25ClIN7. The highest BCUT2D eigenvalue weighted by Crippen LogP contribution is 2.27. The summed E-state index contributed by atoms with van der Waals surface area (Å²) in [6, 6.07) is 4.17. The van der Waals surface area contributed by atoms with Gasteiger partial charge < -0.3 is 19.2 Å². The zero-order valence-corrected chi connectivity index (χ0v) is 19.1. The summed E-state index contributed by atoms with van der Waals surface area (Å²) in [7, 11) is 1.83. The molecule has 0 spiro atoms. The van der Waals surface area contributed by atoms with Gasteiger partial charge in [0.1, 0.15) is 5.65 Å². The SMILES string of the molecule is CN=C(NCc1cn2cc(Cl)ccc2n1)N1CCC(C)C(n2ccnc2)C1.I. The van der Waals surface area contributed by atoms with Gasteiger partial charge in [0.25, 0.3) is 0 Å². The number of piperidine rings is 1. The van der Waals surface area contributed by atoms with Gasteiger partial charge >= 0.3 is 0 Å². The number of hydrogen-bond acceptors (Lipinski definition) is 3. The predicted molar refractivity (Wildman–Crippen MR) is 122 cm³/mol. The molecule has 0 bridgehead atoms. The molecule has 7 nitrogen and oxygen atoms in total. The molecule has 3 aromatic rings. The van der Waals surface area contributed by atoms with Crippen molar-refractivity contribution in [3.8, 4) is 0 Å². The lowest BCUT2D eigenvalue weighted by atomic mass is 9.93. The summed E-state index contributed by atoms with van der Waals surface area (Å²) < 4.78 is 4.15. The molecule has 0 amide bonds. The number of aromatic nitrogens is 4. The second-order valence-corrected chi connectivity index (χ2v) is 7.47. The van der Waals surface area contributed by atoms with Crippen LogP contribution in [0.1, 0.15) is 25.1 Å². The lowest BCUT2D eigenvalue weighted by Crippen LogP contribution is -2.48. The minimum absolute atomic E-state index is 0. The standard InChI is InChI=1S/C19H24ClN7.HI/c1-14-5-7-25(12-17(14)26-8-6-22-13-26)19(21-2)23-9-16-11-27-10-15(20)3-4-18(27)24-16;/h3-4,6,8,10-11,13-14,17H,5,7,9,12H2,1-2H3,(H,21,23);1H. The zero-order chi connectivity index (χ0) is 18.8. The summed E-state index contributed by atoms with van der Waals surface area (Å²) in [6.07, 6.45) is 10.8. The van der Waals surface area contributed by atoms with Crippen LogP contribution < -0.4 is 5.32 Å². The highest BCUT2D eigenvalue weighted by Gasteiger charge is 2.28. The maximum atomic E-state index is 6.05. The molecule has 0 saturated carbocycles. The van der Waals surface area contributed by atoms with Crippen molar-refractivity contribution in [1.29, 1.82) is 0 Å². The molecule has 4 heterocycles. The van der Waals surface area contributed by atoms with Crippen LogP contribution >= 0.6 is 35.6 Å². The molecule has 1 fully saturated rings. The van der Waals surface area contributed by atoms with Gasteiger partial charge in [0.05, 0.1) is 29.6 Å². The number of nitrogens with zero attached hydrogens (tertiary/aromatic N) is 6. The van der Waals surface area contributed by atoms with Crippen LogP contribution in [0.5, 0.6) is 0 Å². The number of imidazole rings is 2. The van der Waals surface area contributed by atoms with Gasteiger partial charge in [0.15, 0.2) is 5.96 Å². The van der Waals surface area contributed by atoms with Crippen molar-refractivity contribution in [2.24, 2.45) is 10.9 Å². The van der Waals surface area contributed by atoms with Crippen LogP contribution in [0.4, 0.5) is 0 Å². The van der Waals surface area contributed by atoms with Crippen molar-refractivity contribution < 1.29 is 0 Å². The lowest BCUT2D eigenvalue weighted by Gasteiger charge is -2.39. The Kier molecular flexibility index (Phi) is 6.82. The number of guanidine groups is 1. The number of rotatable bonds is 3. The molecule has 1 saturated heterocycles. The largest absolute Gasteiger partial charge is 0.351 e. The Morgan fingerprint density at radius 3 is 2.96 bits per heavy atom. The van der Waals surface area contributed by atoms with Gasteiger partial charge in [-0.05, 0) is 24.5 Å². The third-order valence-corrected chi connectivity index (χ3v) is 5.45. The molecule has 2 atom stereocenters. The van der Waals surface area contributed by atoms with E-state index in [2.05, 4.69) is 36.7 Å². The topological polar surface area (TPSA) is 62.8 Å². The fraction of sp³-hybridized carbons (Fsp3) is 0.421. The fourth-order valence-electron chi connectivity index (χ4n) is 3.70. The summed E-state index contributed by atoms with van der Waals surface area (Å²) >= 11 is 6.05.